The van der Waals surface area contributed by atoms with Crippen molar-refractivity contribution in [1.82, 2.24) is 14.4 Å². The molecule has 184 valence electrons. The van der Waals surface area contributed by atoms with Gasteiger partial charge in [0.1, 0.15) is 0 Å². The third-order valence-corrected chi connectivity index (χ3v) is 7.11. The fourth-order valence-electron chi connectivity index (χ4n) is 5.28. The normalized spacial score (nSPS) is 14.0. The molecule has 0 saturated heterocycles. The van der Waals surface area contributed by atoms with Gasteiger partial charge < -0.3 is 4.48 Å². The molecule has 3 aromatic heterocycles. The van der Waals surface area contributed by atoms with E-state index in [1.165, 1.54) is 33.5 Å². The summed E-state index contributed by atoms with van der Waals surface area (Å²) in [6.07, 6.45) is 8.99. The summed E-state index contributed by atoms with van der Waals surface area (Å²) < 4.78 is 2.32. The molecular weight excluding hydrogens is 451 g/mol. The first-order valence-corrected chi connectivity index (χ1v) is 12.9. The van der Waals surface area contributed by atoms with Crippen LogP contribution in [-0.4, -0.2) is 27.0 Å². The minimum Gasteiger partial charge on any atom is -0.366 e. The highest BCUT2D eigenvalue weighted by atomic mass is 14.9. The Labute approximate surface area is 221 Å². The van der Waals surface area contributed by atoms with Crippen molar-refractivity contribution in [1.29, 1.82) is 0 Å². The molecule has 37 heavy (non-hydrogen) atoms. The first kappa shape index (κ1) is 26.0. The Kier molecular flexibility index (Phi) is 7.95. The van der Waals surface area contributed by atoms with Crippen LogP contribution in [0.4, 0.5) is 0 Å². The van der Waals surface area contributed by atoms with Crippen LogP contribution in [0.2, 0.25) is 0 Å². The first-order valence-electron chi connectivity index (χ1n) is 12.9. The second kappa shape index (κ2) is 11.3. The molecule has 0 atom stereocenters. The van der Waals surface area contributed by atoms with Crippen LogP contribution in [0.25, 0.3) is 5.57 Å². The number of rotatable bonds is 4. The molecule has 4 nitrogen and oxygen atoms in total. The van der Waals surface area contributed by atoms with Crippen LogP contribution in [0.5, 0.6) is 0 Å². The highest BCUT2D eigenvalue weighted by molar-refractivity contribution is 6.74. The Morgan fingerprint density at radius 3 is 1.84 bits per heavy atom. The smallest absolute Gasteiger partial charge is 0.366 e. The lowest BCUT2D eigenvalue weighted by molar-refractivity contribution is 1.04. The van der Waals surface area contributed by atoms with Crippen molar-refractivity contribution < 1.29 is 0 Å². The van der Waals surface area contributed by atoms with Crippen LogP contribution >= 0.6 is 0 Å². The highest BCUT2D eigenvalue weighted by Gasteiger charge is 2.27. The molecule has 0 N–H and O–H groups in total. The SMILES string of the molecule is CCC1=C(C)/C(=C(\C)c2c(C)c(CC)c(C)n2B(C#Cc2ccncc2)C#Cc2ccncc2)N=C1C. The molecular formula is C32H33BN4. The lowest BCUT2D eigenvalue weighted by atomic mass is 9.62. The van der Waals surface area contributed by atoms with E-state index < -0.39 is 0 Å². The largest absolute Gasteiger partial charge is 0.434 e. The van der Waals surface area contributed by atoms with Crippen LogP contribution < -0.4 is 0 Å². The number of allylic oxidation sites excluding steroid dienone is 3. The summed E-state index contributed by atoms with van der Waals surface area (Å²) in [7, 11) is 0. The molecule has 0 saturated carbocycles. The maximum absolute atomic E-state index is 5.01. The van der Waals surface area contributed by atoms with Gasteiger partial charge >= 0.3 is 6.85 Å². The number of hydrogen-bond acceptors (Lipinski definition) is 3. The minimum absolute atomic E-state index is 0.340. The predicted molar refractivity (Wildman–Crippen MR) is 155 cm³/mol. The van der Waals surface area contributed by atoms with Gasteiger partial charge in [-0.3, -0.25) is 15.0 Å². The Bertz CT molecular complexity index is 1470. The van der Waals surface area contributed by atoms with E-state index in [9.17, 15) is 0 Å². The fourth-order valence-corrected chi connectivity index (χ4v) is 5.28. The van der Waals surface area contributed by atoms with Crippen molar-refractivity contribution in [2.24, 2.45) is 4.99 Å². The number of nitrogens with zero attached hydrogens (tertiary/aromatic N) is 4. The summed E-state index contributed by atoms with van der Waals surface area (Å²) in [6.45, 7) is 15.0. The van der Waals surface area contributed by atoms with Gasteiger partial charge in [-0.25, -0.2) is 0 Å². The number of hydrogen-bond donors (Lipinski definition) is 0. The Morgan fingerprint density at radius 1 is 0.838 bits per heavy atom. The van der Waals surface area contributed by atoms with Crippen molar-refractivity contribution in [2.45, 2.75) is 61.3 Å². The van der Waals surface area contributed by atoms with Gasteiger partial charge in [-0.2, -0.15) is 0 Å². The quantitative estimate of drug-likeness (QED) is 0.317. The van der Waals surface area contributed by atoms with Crippen molar-refractivity contribution in [2.75, 3.05) is 0 Å². The second-order valence-corrected chi connectivity index (χ2v) is 9.30. The monoisotopic (exact) mass is 484 g/mol. The molecule has 4 rings (SSSR count). The average molecular weight is 484 g/mol. The van der Waals surface area contributed by atoms with E-state index in [-0.39, 0.29) is 6.85 Å². The third kappa shape index (κ3) is 5.23. The highest BCUT2D eigenvalue weighted by Crippen LogP contribution is 2.36. The molecule has 3 aromatic rings. The molecule has 0 spiro atoms. The van der Waals surface area contributed by atoms with E-state index in [1.807, 2.05) is 24.3 Å². The van der Waals surface area contributed by atoms with Gasteiger partial charge in [-0.05, 0) is 99.6 Å². The summed E-state index contributed by atoms with van der Waals surface area (Å²) in [5, 5.41) is 0. The van der Waals surface area contributed by atoms with E-state index in [0.717, 1.165) is 41.1 Å². The van der Waals surface area contributed by atoms with E-state index in [2.05, 4.69) is 86.4 Å². The van der Waals surface area contributed by atoms with E-state index in [4.69, 9.17) is 4.99 Å². The van der Waals surface area contributed by atoms with Gasteiger partial charge in [0.2, 0.25) is 0 Å². The molecule has 0 fully saturated rings. The molecule has 0 amide bonds. The third-order valence-electron chi connectivity index (χ3n) is 7.11. The fraction of sp³-hybridized carbons (Fsp3) is 0.281. The zero-order valence-corrected chi connectivity index (χ0v) is 22.9. The Balaban J connectivity index is 1.97. The summed E-state index contributed by atoms with van der Waals surface area (Å²) >= 11 is 0. The topological polar surface area (TPSA) is 43.1 Å². The summed E-state index contributed by atoms with van der Waals surface area (Å²) in [5.41, 5.74) is 12.8. The predicted octanol–water partition coefficient (Wildman–Crippen LogP) is 6.41. The molecule has 0 aliphatic carbocycles. The van der Waals surface area contributed by atoms with Crippen molar-refractivity contribution >= 4 is 18.1 Å². The molecule has 0 aromatic carbocycles. The summed E-state index contributed by atoms with van der Waals surface area (Å²) in [4.78, 5) is 13.3. The summed E-state index contributed by atoms with van der Waals surface area (Å²) in [5.74, 6) is 13.6. The molecule has 0 bridgehead atoms. The molecule has 0 unspecified atom stereocenters. The van der Waals surface area contributed by atoms with Crippen molar-refractivity contribution in [3.63, 3.8) is 0 Å². The van der Waals surface area contributed by atoms with Gasteiger partial charge in [0, 0.05) is 53.0 Å². The lowest BCUT2D eigenvalue weighted by Gasteiger charge is -2.15. The molecule has 5 heteroatoms. The lowest BCUT2D eigenvalue weighted by Crippen LogP contribution is -2.25. The Hall–Kier alpha value is -4.09. The van der Waals surface area contributed by atoms with Crippen LogP contribution in [-0.2, 0) is 6.42 Å². The maximum atomic E-state index is 5.01. The van der Waals surface area contributed by atoms with Gasteiger partial charge in [0.25, 0.3) is 0 Å². The van der Waals surface area contributed by atoms with Gasteiger partial charge in [0.15, 0.2) is 0 Å². The van der Waals surface area contributed by atoms with Crippen LogP contribution in [0.3, 0.4) is 0 Å². The summed E-state index contributed by atoms with van der Waals surface area (Å²) in [6, 6.07) is 7.71. The number of aliphatic imine (C=N–C) groups is 1. The van der Waals surface area contributed by atoms with Crippen molar-refractivity contribution in [3.8, 4) is 23.5 Å². The number of aromatic nitrogens is 3. The van der Waals surface area contributed by atoms with Gasteiger partial charge in [-0.1, -0.05) is 25.7 Å². The Morgan fingerprint density at radius 2 is 1.38 bits per heavy atom. The minimum atomic E-state index is -0.340. The molecule has 4 heterocycles. The maximum Gasteiger partial charge on any atom is 0.434 e. The standard InChI is InChI=1S/C32H33BN4/c1-8-29-22(3)31(36-25(29)6)24(5)32-23(4)30(9-2)26(7)37(32)33(16-10-27-12-18-34-19-13-27)17-11-28-14-20-35-21-15-28/h12-15,18-21H,8-9H2,1-7H3/b31-24-. The first-order chi connectivity index (χ1) is 17.9. The van der Waals surface area contributed by atoms with Crippen LogP contribution in [0.1, 0.15) is 74.7 Å². The zero-order valence-electron chi connectivity index (χ0n) is 22.9. The molecule has 1 aliphatic rings. The van der Waals surface area contributed by atoms with Gasteiger partial charge in [0.05, 0.1) is 5.70 Å². The van der Waals surface area contributed by atoms with Crippen molar-refractivity contribution in [3.05, 3.63) is 99.5 Å². The van der Waals surface area contributed by atoms with E-state index in [0.29, 0.717) is 0 Å². The van der Waals surface area contributed by atoms with Crippen LogP contribution in [0.15, 0.2) is 70.9 Å². The number of pyridine rings is 2. The second-order valence-electron chi connectivity index (χ2n) is 9.30. The van der Waals surface area contributed by atoms with E-state index in [1.54, 1.807) is 24.8 Å². The van der Waals surface area contributed by atoms with Crippen LogP contribution in [0, 0.1) is 37.3 Å². The molecule has 1 aliphatic heterocycles. The zero-order chi connectivity index (χ0) is 26.5. The van der Waals surface area contributed by atoms with E-state index >= 15 is 0 Å². The molecule has 0 radical (unpaired) electrons. The average Bonchev–Trinajstić information content (AvgIpc) is 3.35. The van der Waals surface area contributed by atoms with Gasteiger partial charge in [-0.15, -0.1) is 11.6 Å².